The van der Waals surface area contributed by atoms with Crippen LogP contribution in [0.2, 0.25) is 10.0 Å². The van der Waals surface area contributed by atoms with Crippen LogP contribution in [0.5, 0.6) is 0 Å². The average Bonchev–Trinajstić information content (AvgIpc) is 3.30. The van der Waals surface area contributed by atoms with Crippen molar-refractivity contribution in [3.8, 4) is 5.69 Å². The normalized spacial score (nSPS) is 17.9. The molecular weight excluding hydrogens is 471 g/mol. The molecule has 1 aliphatic heterocycles. The van der Waals surface area contributed by atoms with Gasteiger partial charge in [0.25, 0.3) is 0 Å². The first-order valence-electron chi connectivity index (χ1n) is 10.6. The Morgan fingerprint density at radius 3 is 2.36 bits per heavy atom. The van der Waals surface area contributed by atoms with Crippen LogP contribution in [0.4, 0.5) is 5.69 Å². The van der Waals surface area contributed by atoms with Gasteiger partial charge < -0.3 is 14.8 Å². The second kappa shape index (κ2) is 8.82. The molecule has 4 aromatic rings. The molecule has 0 radical (unpaired) electrons. The zero-order chi connectivity index (χ0) is 23.1. The van der Waals surface area contributed by atoms with E-state index < -0.39 is 0 Å². The Kier molecular flexibility index (Phi) is 5.87. The average molecular weight is 493 g/mol. The molecule has 5 rings (SSSR count). The predicted molar refractivity (Wildman–Crippen MR) is 140 cm³/mol. The number of thiocarbonyl (C=S) groups is 1. The number of pyridine rings is 1. The molecular formula is C26H22Cl2N4S. The van der Waals surface area contributed by atoms with E-state index in [2.05, 4.69) is 45.7 Å². The molecule has 0 saturated carbocycles. The van der Waals surface area contributed by atoms with Crippen molar-refractivity contribution in [2.45, 2.75) is 25.9 Å². The van der Waals surface area contributed by atoms with Gasteiger partial charge in [0.1, 0.15) is 0 Å². The topological polar surface area (TPSA) is 33.1 Å². The summed E-state index contributed by atoms with van der Waals surface area (Å²) in [6.07, 6.45) is 1.82. The summed E-state index contributed by atoms with van der Waals surface area (Å²) in [5, 5.41) is 5.57. The number of aromatic nitrogens is 2. The van der Waals surface area contributed by atoms with E-state index in [0.717, 1.165) is 28.5 Å². The Labute approximate surface area is 208 Å². The molecule has 0 bridgehead atoms. The molecule has 2 aromatic carbocycles. The van der Waals surface area contributed by atoms with Crippen LogP contribution in [0.15, 0.2) is 79.0 Å². The maximum Gasteiger partial charge on any atom is 0.174 e. The van der Waals surface area contributed by atoms with Crippen molar-refractivity contribution in [3.63, 3.8) is 0 Å². The predicted octanol–water partition coefficient (Wildman–Crippen LogP) is 6.97. The lowest BCUT2D eigenvalue weighted by Crippen LogP contribution is -2.29. The minimum absolute atomic E-state index is 0.0901. The Bertz CT molecular complexity index is 1320. The smallest absolute Gasteiger partial charge is 0.174 e. The number of hydrogen-bond acceptors (Lipinski definition) is 2. The van der Waals surface area contributed by atoms with E-state index in [-0.39, 0.29) is 12.1 Å². The molecule has 0 aliphatic carbocycles. The van der Waals surface area contributed by atoms with Gasteiger partial charge in [-0.1, -0.05) is 35.3 Å². The minimum atomic E-state index is -0.109. The van der Waals surface area contributed by atoms with Crippen molar-refractivity contribution in [3.05, 3.63) is 112 Å². The molecule has 33 heavy (non-hydrogen) atoms. The summed E-state index contributed by atoms with van der Waals surface area (Å²) in [5.74, 6) is 0. The monoisotopic (exact) mass is 492 g/mol. The maximum atomic E-state index is 6.30. The van der Waals surface area contributed by atoms with Gasteiger partial charge in [0.2, 0.25) is 0 Å². The second-order valence-electron chi connectivity index (χ2n) is 8.11. The van der Waals surface area contributed by atoms with Gasteiger partial charge in [-0.05, 0) is 92.3 Å². The fourth-order valence-corrected chi connectivity index (χ4v) is 5.31. The van der Waals surface area contributed by atoms with Gasteiger partial charge >= 0.3 is 0 Å². The molecule has 1 fully saturated rings. The van der Waals surface area contributed by atoms with Crippen molar-refractivity contribution < 1.29 is 0 Å². The van der Waals surface area contributed by atoms with Crippen LogP contribution < -0.4 is 10.2 Å². The van der Waals surface area contributed by atoms with E-state index in [0.29, 0.717) is 15.2 Å². The number of nitrogens with one attached hydrogen (secondary N) is 1. The first-order valence-corrected chi connectivity index (χ1v) is 11.8. The number of aryl methyl sites for hydroxylation is 1. The Morgan fingerprint density at radius 2 is 1.67 bits per heavy atom. The van der Waals surface area contributed by atoms with Crippen molar-refractivity contribution in [2.24, 2.45) is 0 Å². The molecule has 1 aliphatic rings. The Morgan fingerprint density at radius 1 is 0.879 bits per heavy atom. The summed E-state index contributed by atoms with van der Waals surface area (Å²) in [5.41, 5.74) is 6.38. The highest BCUT2D eigenvalue weighted by atomic mass is 35.5. The van der Waals surface area contributed by atoms with Crippen molar-refractivity contribution in [2.75, 3.05) is 4.90 Å². The van der Waals surface area contributed by atoms with Gasteiger partial charge in [0.05, 0.1) is 17.8 Å². The molecule has 2 atom stereocenters. The summed E-state index contributed by atoms with van der Waals surface area (Å²) in [4.78, 5) is 6.81. The molecule has 1 saturated heterocycles. The molecule has 0 spiro atoms. The SMILES string of the molecule is Cc1cc([C@@H]2[C@H](c3ccccn3)NC(=S)N2c2ccc(Cl)cc2)c(C)n1-c1cccc(Cl)c1. The Balaban J connectivity index is 1.68. The lowest BCUT2D eigenvalue weighted by molar-refractivity contribution is 0.565. The lowest BCUT2D eigenvalue weighted by atomic mass is 9.96. The highest BCUT2D eigenvalue weighted by Crippen LogP contribution is 2.43. The minimum Gasteiger partial charge on any atom is -0.351 e. The standard InChI is InChI=1S/C26H22Cl2N4S/c1-16-14-22(17(2)31(16)21-7-5-6-19(28)15-21)25-24(23-8-3-4-13-29-23)30-26(33)32(25)20-11-9-18(27)10-12-20/h3-15,24-25H,1-2H3,(H,30,33)/t24-,25+/m0/s1. The first-order chi connectivity index (χ1) is 15.9. The van der Waals surface area contributed by atoms with Crippen molar-refractivity contribution >= 4 is 46.2 Å². The van der Waals surface area contributed by atoms with Crippen molar-refractivity contribution in [1.82, 2.24) is 14.9 Å². The zero-order valence-corrected chi connectivity index (χ0v) is 20.5. The first kappa shape index (κ1) is 22.0. The van der Waals surface area contributed by atoms with Crippen LogP contribution >= 0.6 is 35.4 Å². The summed E-state index contributed by atoms with van der Waals surface area (Å²) in [6.45, 7) is 4.25. The molecule has 0 unspecified atom stereocenters. The largest absolute Gasteiger partial charge is 0.351 e. The zero-order valence-electron chi connectivity index (χ0n) is 18.2. The summed E-state index contributed by atoms with van der Waals surface area (Å²) < 4.78 is 2.23. The molecule has 2 aromatic heterocycles. The fraction of sp³-hybridized carbons (Fsp3) is 0.154. The van der Waals surface area contributed by atoms with E-state index in [1.807, 2.05) is 66.9 Å². The van der Waals surface area contributed by atoms with E-state index in [1.54, 1.807) is 0 Å². The molecule has 1 N–H and O–H groups in total. The quantitative estimate of drug-likeness (QED) is 0.311. The van der Waals surface area contributed by atoms with E-state index >= 15 is 0 Å². The van der Waals surface area contributed by atoms with Crippen LogP contribution in [0.1, 0.15) is 34.7 Å². The van der Waals surface area contributed by atoms with E-state index in [4.69, 9.17) is 35.4 Å². The van der Waals surface area contributed by atoms with E-state index in [9.17, 15) is 0 Å². The van der Waals surface area contributed by atoms with Crippen LogP contribution in [-0.4, -0.2) is 14.7 Å². The number of anilines is 1. The number of rotatable bonds is 4. The van der Waals surface area contributed by atoms with Crippen LogP contribution in [-0.2, 0) is 0 Å². The lowest BCUT2D eigenvalue weighted by Gasteiger charge is -2.28. The van der Waals surface area contributed by atoms with Gasteiger partial charge in [0, 0.05) is 39.0 Å². The number of nitrogens with zero attached hydrogens (tertiary/aromatic N) is 3. The van der Waals surface area contributed by atoms with Gasteiger partial charge in [-0.15, -0.1) is 0 Å². The summed E-state index contributed by atoms with van der Waals surface area (Å²) >= 11 is 18.3. The third-order valence-corrected chi connectivity index (χ3v) is 6.86. The van der Waals surface area contributed by atoms with Crippen LogP contribution in [0.25, 0.3) is 5.69 Å². The molecule has 3 heterocycles. The van der Waals surface area contributed by atoms with Gasteiger partial charge in [-0.3, -0.25) is 4.98 Å². The fourth-order valence-electron chi connectivity index (χ4n) is 4.65. The third-order valence-electron chi connectivity index (χ3n) is 6.06. The third kappa shape index (κ3) is 4.01. The highest BCUT2D eigenvalue weighted by molar-refractivity contribution is 7.80. The molecule has 166 valence electrons. The maximum absolute atomic E-state index is 6.30. The second-order valence-corrected chi connectivity index (χ2v) is 9.37. The molecule has 7 heteroatoms. The van der Waals surface area contributed by atoms with Crippen molar-refractivity contribution in [1.29, 1.82) is 0 Å². The summed E-state index contributed by atoms with van der Waals surface area (Å²) in [6, 6.07) is 23.7. The molecule has 4 nitrogen and oxygen atoms in total. The van der Waals surface area contributed by atoms with Gasteiger partial charge in [-0.2, -0.15) is 0 Å². The van der Waals surface area contributed by atoms with Crippen LogP contribution in [0.3, 0.4) is 0 Å². The molecule has 0 amide bonds. The van der Waals surface area contributed by atoms with Gasteiger partial charge in [-0.25, -0.2) is 0 Å². The van der Waals surface area contributed by atoms with Gasteiger partial charge in [0.15, 0.2) is 5.11 Å². The van der Waals surface area contributed by atoms with Crippen LogP contribution in [0, 0.1) is 13.8 Å². The number of hydrogen-bond donors (Lipinski definition) is 1. The number of halogens is 2. The van der Waals surface area contributed by atoms with E-state index in [1.165, 1.54) is 5.56 Å². The summed E-state index contributed by atoms with van der Waals surface area (Å²) in [7, 11) is 0. The Hall–Kier alpha value is -2.86. The highest BCUT2D eigenvalue weighted by Gasteiger charge is 2.42. The number of benzene rings is 2.